The van der Waals surface area contributed by atoms with E-state index in [-0.39, 0.29) is 18.1 Å². The summed E-state index contributed by atoms with van der Waals surface area (Å²) in [5, 5.41) is 35.8. The van der Waals surface area contributed by atoms with Gasteiger partial charge >= 0.3 is 5.97 Å². The van der Waals surface area contributed by atoms with Crippen molar-refractivity contribution in [2.45, 2.75) is 70.8 Å². The van der Waals surface area contributed by atoms with Crippen LogP contribution < -0.4 is 21.7 Å². The predicted octanol–water partition coefficient (Wildman–Crippen LogP) is -0.752. The Balaban J connectivity index is 2.75. The molecule has 0 saturated heterocycles. The normalized spacial score (nSPS) is 16.4. The highest BCUT2D eigenvalue weighted by atomic mass is 16.4. The van der Waals surface area contributed by atoms with Crippen LogP contribution in [-0.2, 0) is 25.6 Å². The van der Waals surface area contributed by atoms with Crippen LogP contribution in [0.25, 0.3) is 0 Å². The van der Waals surface area contributed by atoms with E-state index in [4.69, 9.17) is 5.73 Å². The number of aliphatic carboxylic acids is 1. The second-order valence-electron chi connectivity index (χ2n) is 8.14. The van der Waals surface area contributed by atoms with Crippen LogP contribution in [0.3, 0.4) is 0 Å². The Morgan fingerprint density at radius 1 is 0.909 bits per heavy atom. The van der Waals surface area contributed by atoms with E-state index in [1.54, 1.807) is 26.0 Å². The van der Waals surface area contributed by atoms with E-state index in [9.17, 15) is 34.5 Å². The average molecular weight is 467 g/mol. The Hall–Kier alpha value is -3.18. The maximum atomic E-state index is 12.6. The smallest absolute Gasteiger partial charge is 0.326 e. The molecule has 0 saturated carbocycles. The van der Waals surface area contributed by atoms with E-state index in [1.807, 2.05) is 0 Å². The molecule has 33 heavy (non-hydrogen) atoms. The number of amides is 3. The molecule has 11 heteroatoms. The number of carbonyl (C=O) groups is 4. The number of aliphatic hydroxyl groups excluding tert-OH is 1. The number of hydrogen-bond acceptors (Lipinski definition) is 7. The number of phenolic OH excluding ortho intramolecular Hbond substituents is 1. The molecule has 11 nitrogen and oxygen atoms in total. The van der Waals surface area contributed by atoms with E-state index in [1.165, 1.54) is 26.0 Å². The van der Waals surface area contributed by atoms with E-state index < -0.39 is 54.0 Å². The summed E-state index contributed by atoms with van der Waals surface area (Å²) in [5.41, 5.74) is 6.59. The summed E-state index contributed by atoms with van der Waals surface area (Å²) in [5.74, 6) is -3.67. The maximum absolute atomic E-state index is 12.6. The molecule has 1 aromatic rings. The number of rotatable bonds is 12. The Kier molecular flexibility index (Phi) is 10.8. The minimum atomic E-state index is -1.39. The van der Waals surface area contributed by atoms with Crippen molar-refractivity contribution >= 4 is 23.7 Å². The molecule has 0 heterocycles. The molecular weight excluding hydrogens is 432 g/mol. The van der Waals surface area contributed by atoms with E-state index in [2.05, 4.69) is 16.0 Å². The first kappa shape index (κ1) is 27.9. The van der Waals surface area contributed by atoms with Gasteiger partial charge in [0.2, 0.25) is 17.7 Å². The average Bonchev–Trinajstić information content (AvgIpc) is 2.75. The van der Waals surface area contributed by atoms with Crippen LogP contribution >= 0.6 is 0 Å². The third-order valence-electron chi connectivity index (χ3n) is 5.32. The molecule has 6 unspecified atom stereocenters. The van der Waals surface area contributed by atoms with Crippen molar-refractivity contribution in [3.63, 3.8) is 0 Å². The lowest BCUT2D eigenvalue weighted by atomic mass is 9.99. The first-order valence-electron chi connectivity index (χ1n) is 10.7. The fourth-order valence-corrected chi connectivity index (χ4v) is 2.97. The standard InChI is InChI=1S/C22H34N4O7/c1-5-11(2)17(22(32)33)25-19(29)12(3)24-21(31)18(13(4)27)26-20(30)16(23)10-14-6-8-15(28)9-7-14/h6-9,11-13,16-18,27-28H,5,10,23H2,1-4H3,(H,24,31)(H,25,29)(H,26,30)(H,32,33). The fraction of sp³-hybridized carbons (Fsp3) is 0.545. The molecule has 0 radical (unpaired) electrons. The lowest BCUT2D eigenvalue weighted by molar-refractivity contribution is -0.143. The van der Waals surface area contributed by atoms with Gasteiger partial charge in [-0.1, -0.05) is 32.4 Å². The summed E-state index contributed by atoms with van der Waals surface area (Å²) in [7, 11) is 0. The summed E-state index contributed by atoms with van der Waals surface area (Å²) in [6.45, 7) is 6.13. The molecular formula is C22H34N4O7. The molecule has 8 N–H and O–H groups in total. The van der Waals surface area contributed by atoms with Gasteiger partial charge in [0.25, 0.3) is 0 Å². The lowest BCUT2D eigenvalue weighted by Gasteiger charge is -2.26. The number of nitrogens with one attached hydrogen (secondary N) is 3. The van der Waals surface area contributed by atoms with Crippen LogP contribution in [0.15, 0.2) is 24.3 Å². The number of carboxylic acid groups (broad SMARTS) is 1. The molecule has 184 valence electrons. The van der Waals surface area contributed by atoms with Gasteiger partial charge in [-0.3, -0.25) is 14.4 Å². The van der Waals surface area contributed by atoms with Crippen molar-refractivity contribution in [1.82, 2.24) is 16.0 Å². The zero-order chi connectivity index (χ0) is 25.3. The summed E-state index contributed by atoms with van der Waals surface area (Å²) < 4.78 is 0. The second kappa shape index (κ2) is 12.8. The zero-order valence-corrected chi connectivity index (χ0v) is 19.2. The van der Waals surface area contributed by atoms with Gasteiger partial charge in [0.15, 0.2) is 0 Å². The van der Waals surface area contributed by atoms with Crippen LogP contribution in [0.1, 0.15) is 39.7 Å². The lowest BCUT2D eigenvalue weighted by Crippen LogP contribution is -2.59. The van der Waals surface area contributed by atoms with Crippen LogP contribution in [0.5, 0.6) is 5.75 Å². The van der Waals surface area contributed by atoms with Gasteiger partial charge in [-0.25, -0.2) is 4.79 Å². The first-order valence-corrected chi connectivity index (χ1v) is 10.7. The summed E-state index contributed by atoms with van der Waals surface area (Å²) in [6.07, 6.45) is -0.638. The van der Waals surface area contributed by atoms with Crippen LogP contribution in [0.4, 0.5) is 0 Å². The summed E-state index contributed by atoms with van der Waals surface area (Å²) in [6, 6.07) is 1.46. The van der Waals surface area contributed by atoms with Crippen molar-refractivity contribution in [3.8, 4) is 5.75 Å². The van der Waals surface area contributed by atoms with Crippen LogP contribution in [0.2, 0.25) is 0 Å². The predicted molar refractivity (Wildman–Crippen MR) is 120 cm³/mol. The molecule has 0 spiro atoms. The van der Waals surface area contributed by atoms with Gasteiger partial charge in [0, 0.05) is 0 Å². The van der Waals surface area contributed by atoms with Gasteiger partial charge in [-0.15, -0.1) is 0 Å². The van der Waals surface area contributed by atoms with Crippen molar-refractivity contribution in [2.75, 3.05) is 0 Å². The molecule has 6 atom stereocenters. The molecule has 0 aliphatic carbocycles. The number of aliphatic hydroxyl groups is 1. The number of carbonyl (C=O) groups excluding carboxylic acids is 3. The molecule has 3 amide bonds. The minimum absolute atomic E-state index is 0.0691. The molecule has 1 aromatic carbocycles. The van der Waals surface area contributed by atoms with Gasteiger partial charge in [-0.05, 0) is 43.9 Å². The monoisotopic (exact) mass is 466 g/mol. The third-order valence-corrected chi connectivity index (χ3v) is 5.32. The molecule has 0 aliphatic heterocycles. The SMILES string of the molecule is CCC(C)C(NC(=O)C(C)NC(=O)C(NC(=O)C(N)Cc1ccc(O)cc1)C(C)O)C(=O)O. The molecule has 0 fully saturated rings. The van der Waals surface area contributed by atoms with E-state index in [0.29, 0.717) is 12.0 Å². The summed E-state index contributed by atoms with van der Waals surface area (Å²) in [4.78, 5) is 48.9. The van der Waals surface area contributed by atoms with Crippen molar-refractivity contribution < 1.29 is 34.5 Å². The Bertz CT molecular complexity index is 829. The highest BCUT2D eigenvalue weighted by Gasteiger charge is 2.31. The Labute approximate surface area is 192 Å². The number of aromatic hydroxyl groups is 1. The zero-order valence-electron chi connectivity index (χ0n) is 19.2. The number of hydrogen-bond donors (Lipinski definition) is 7. The molecule has 1 rings (SSSR count). The number of carboxylic acids is 1. The van der Waals surface area contributed by atoms with Crippen LogP contribution in [0, 0.1) is 5.92 Å². The maximum Gasteiger partial charge on any atom is 0.326 e. The number of benzene rings is 1. The van der Waals surface area contributed by atoms with Crippen molar-refractivity contribution in [1.29, 1.82) is 0 Å². The van der Waals surface area contributed by atoms with Gasteiger partial charge < -0.3 is 37.0 Å². The molecule has 0 bridgehead atoms. The minimum Gasteiger partial charge on any atom is -0.508 e. The second-order valence-corrected chi connectivity index (χ2v) is 8.14. The van der Waals surface area contributed by atoms with Crippen LogP contribution in [-0.4, -0.2) is 69.3 Å². The topological polar surface area (TPSA) is 191 Å². The van der Waals surface area contributed by atoms with E-state index in [0.717, 1.165) is 0 Å². The highest BCUT2D eigenvalue weighted by Crippen LogP contribution is 2.11. The third kappa shape index (κ3) is 8.70. The van der Waals surface area contributed by atoms with Gasteiger partial charge in [0.05, 0.1) is 12.1 Å². The Morgan fingerprint density at radius 3 is 1.94 bits per heavy atom. The first-order chi connectivity index (χ1) is 15.4. The number of nitrogens with two attached hydrogens (primary N) is 1. The Morgan fingerprint density at radius 2 is 1.45 bits per heavy atom. The largest absolute Gasteiger partial charge is 0.508 e. The van der Waals surface area contributed by atoms with Crippen molar-refractivity contribution in [2.24, 2.45) is 11.7 Å². The van der Waals surface area contributed by atoms with Crippen molar-refractivity contribution in [3.05, 3.63) is 29.8 Å². The fourth-order valence-electron chi connectivity index (χ4n) is 2.97. The molecule has 0 aliphatic rings. The molecule has 0 aromatic heterocycles. The highest BCUT2D eigenvalue weighted by molar-refractivity contribution is 5.94. The van der Waals surface area contributed by atoms with E-state index >= 15 is 0 Å². The quantitative estimate of drug-likeness (QED) is 0.209. The summed E-state index contributed by atoms with van der Waals surface area (Å²) >= 11 is 0. The number of phenols is 1. The van der Waals surface area contributed by atoms with Gasteiger partial charge in [-0.2, -0.15) is 0 Å². The van der Waals surface area contributed by atoms with Gasteiger partial charge in [0.1, 0.15) is 23.9 Å².